The second-order valence-corrected chi connectivity index (χ2v) is 9.89. The lowest BCUT2D eigenvalue weighted by Crippen LogP contribution is -2.40. The summed E-state index contributed by atoms with van der Waals surface area (Å²) in [6.45, 7) is 1.24. The molecule has 7 nitrogen and oxygen atoms in total. The van der Waals surface area contributed by atoms with Crippen molar-refractivity contribution in [1.82, 2.24) is 4.31 Å². The van der Waals surface area contributed by atoms with Crippen molar-refractivity contribution in [3.8, 4) is 5.75 Å². The van der Waals surface area contributed by atoms with E-state index in [2.05, 4.69) is 17.4 Å². The Morgan fingerprint density at radius 1 is 0.971 bits per heavy atom. The number of nitrogens with zero attached hydrogens (tertiary/aromatic N) is 1. The van der Waals surface area contributed by atoms with E-state index in [0.717, 1.165) is 12.0 Å². The molecular formula is C26H28N2O5S. The molecule has 178 valence electrons. The van der Waals surface area contributed by atoms with Gasteiger partial charge in [0, 0.05) is 24.3 Å². The van der Waals surface area contributed by atoms with Gasteiger partial charge in [-0.15, -0.1) is 0 Å². The Balaban J connectivity index is 1.55. The van der Waals surface area contributed by atoms with Gasteiger partial charge in [-0.3, -0.25) is 4.79 Å². The van der Waals surface area contributed by atoms with Gasteiger partial charge in [0.1, 0.15) is 10.6 Å². The first kappa shape index (κ1) is 23.9. The third kappa shape index (κ3) is 5.47. The number of hydrogen-bond donors (Lipinski definition) is 1. The molecule has 1 aliphatic heterocycles. The molecule has 1 saturated heterocycles. The van der Waals surface area contributed by atoms with Crippen molar-refractivity contribution >= 4 is 21.6 Å². The first-order valence-electron chi connectivity index (χ1n) is 11.2. The summed E-state index contributed by atoms with van der Waals surface area (Å²) in [5.41, 5.74) is 3.08. The molecule has 1 aliphatic rings. The van der Waals surface area contributed by atoms with Gasteiger partial charge in [0.15, 0.2) is 0 Å². The molecule has 8 heteroatoms. The van der Waals surface area contributed by atoms with Gasteiger partial charge in [-0.2, -0.15) is 4.31 Å². The molecule has 3 aromatic carbocycles. The topological polar surface area (TPSA) is 84.9 Å². The first-order valence-corrected chi connectivity index (χ1v) is 12.6. The minimum Gasteiger partial charge on any atom is -0.495 e. The minimum atomic E-state index is -3.80. The average molecular weight is 481 g/mol. The van der Waals surface area contributed by atoms with Crippen LogP contribution in [0.1, 0.15) is 21.5 Å². The molecule has 0 saturated carbocycles. The normalized spacial score (nSPS) is 14.5. The fourth-order valence-corrected chi connectivity index (χ4v) is 5.55. The molecule has 34 heavy (non-hydrogen) atoms. The molecule has 0 bridgehead atoms. The fourth-order valence-electron chi connectivity index (χ4n) is 3.96. The van der Waals surface area contributed by atoms with Gasteiger partial charge in [0.05, 0.1) is 20.3 Å². The summed E-state index contributed by atoms with van der Waals surface area (Å²) in [4.78, 5) is 13.2. The van der Waals surface area contributed by atoms with Gasteiger partial charge in [-0.1, -0.05) is 48.5 Å². The molecule has 1 fully saturated rings. The maximum absolute atomic E-state index is 13.2. The predicted molar refractivity (Wildman–Crippen MR) is 131 cm³/mol. The summed E-state index contributed by atoms with van der Waals surface area (Å²) in [7, 11) is -2.37. The summed E-state index contributed by atoms with van der Waals surface area (Å²) in [6, 6.07) is 22.2. The fraction of sp³-hybridized carbons (Fsp3) is 0.269. The zero-order valence-corrected chi connectivity index (χ0v) is 19.9. The van der Waals surface area contributed by atoms with Crippen LogP contribution in [0, 0.1) is 0 Å². The molecule has 3 aromatic rings. The Labute approximate surface area is 200 Å². The minimum absolute atomic E-state index is 0.0204. The summed E-state index contributed by atoms with van der Waals surface area (Å²) in [5, 5.41) is 2.86. The van der Waals surface area contributed by atoms with E-state index in [9.17, 15) is 13.2 Å². The Morgan fingerprint density at radius 3 is 2.41 bits per heavy atom. The highest BCUT2D eigenvalue weighted by molar-refractivity contribution is 7.89. The van der Waals surface area contributed by atoms with Gasteiger partial charge >= 0.3 is 0 Å². The van der Waals surface area contributed by atoms with E-state index < -0.39 is 10.0 Å². The van der Waals surface area contributed by atoms with Crippen LogP contribution in [0.4, 0.5) is 5.69 Å². The van der Waals surface area contributed by atoms with Crippen LogP contribution in [0.25, 0.3) is 0 Å². The van der Waals surface area contributed by atoms with Crippen molar-refractivity contribution in [1.29, 1.82) is 0 Å². The molecule has 1 heterocycles. The van der Waals surface area contributed by atoms with Crippen molar-refractivity contribution in [2.24, 2.45) is 0 Å². The van der Waals surface area contributed by atoms with Crippen molar-refractivity contribution < 1.29 is 22.7 Å². The number of carbonyl (C=O) groups is 1. The highest BCUT2D eigenvalue weighted by atomic mass is 32.2. The van der Waals surface area contributed by atoms with Gasteiger partial charge in [0.25, 0.3) is 5.91 Å². The summed E-state index contributed by atoms with van der Waals surface area (Å²) in [6.07, 6.45) is 1.53. The molecule has 0 spiro atoms. The highest BCUT2D eigenvalue weighted by Crippen LogP contribution is 2.30. The van der Waals surface area contributed by atoms with Crippen LogP contribution in [-0.2, 0) is 27.6 Å². The third-order valence-corrected chi connectivity index (χ3v) is 7.72. The van der Waals surface area contributed by atoms with E-state index in [4.69, 9.17) is 9.47 Å². The number of ether oxygens (including phenoxy) is 2. The number of aryl methyl sites for hydroxylation is 2. The Kier molecular flexibility index (Phi) is 7.62. The van der Waals surface area contributed by atoms with Crippen molar-refractivity contribution in [2.75, 3.05) is 38.7 Å². The summed E-state index contributed by atoms with van der Waals surface area (Å²) in [5.74, 6) is -0.0590. The second kappa shape index (κ2) is 10.8. The van der Waals surface area contributed by atoms with E-state index in [0.29, 0.717) is 30.9 Å². The molecule has 1 amide bonds. The highest BCUT2D eigenvalue weighted by Gasteiger charge is 2.29. The van der Waals surface area contributed by atoms with E-state index in [1.54, 1.807) is 18.2 Å². The van der Waals surface area contributed by atoms with Gasteiger partial charge in [-0.25, -0.2) is 8.42 Å². The average Bonchev–Trinajstić information content (AvgIpc) is 2.88. The number of morpholine rings is 1. The molecule has 0 atom stereocenters. The molecule has 0 radical (unpaired) electrons. The number of nitrogens with one attached hydrogen (secondary N) is 1. The smallest absolute Gasteiger partial charge is 0.255 e. The van der Waals surface area contributed by atoms with Crippen LogP contribution in [0.5, 0.6) is 5.75 Å². The van der Waals surface area contributed by atoms with Crippen LogP contribution < -0.4 is 10.1 Å². The number of anilines is 1. The second-order valence-electron chi connectivity index (χ2n) is 7.98. The van der Waals surface area contributed by atoms with E-state index in [-0.39, 0.29) is 29.6 Å². The van der Waals surface area contributed by atoms with Crippen LogP contribution in [0.2, 0.25) is 0 Å². The van der Waals surface area contributed by atoms with Crippen LogP contribution in [0.15, 0.2) is 77.7 Å². The zero-order chi connectivity index (χ0) is 24.0. The Hall–Kier alpha value is -3.20. The number of hydrogen-bond acceptors (Lipinski definition) is 5. The maximum atomic E-state index is 13.2. The third-order valence-electron chi connectivity index (χ3n) is 5.80. The number of carbonyl (C=O) groups excluding carboxylic acids is 1. The van der Waals surface area contributed by atoms with Crippen LogP contribution in [-0.4, -0.2) is 52.0 Å². The quantitative estimate of drug-likeness (QED) is 0.531. The monoisotopic (exact) mass is 480 g/mol. The lowest BCUT2D eigenvalue weighted by molar-refractivity contribution is 0.0729. The molecule has 0 unspecified atom stereocenters. The lowest BCUT2D eigenvalue weighted by Gasteiger charge is -2.26. The molecule has 4 rings (SSSR count). The van der Waals surface area contributed by atoms with Crippen molar-refractivity contribution in [2.45, 2.75) is 17.7 Å². The van der Waals surface area contributed by atoms with E-state index in [1.165, 1.54) is 23.0 Å². The number of amides is 1. The standard InChI is InChI=1S/C26H28N2O5S/c1-32-24-14-13-22(19-25(24)34(30,31)28-15-17-33-18-16-28)27-26(29)23-10-6-5-9-21(23)12-11-20-7-3-2-4-8-20/h2-10,13-14,19H,11-12,15-18H2,1H3,(H,27,29). The van der Waals surface area contributed by atoms with Gasteiger partial charge in [-0.05, 0) is 48.2 Å². The number of sulfonamides is 1. The predicted octanol–water partition coefficient (Wildman–Crippen LogP) is 3.75. The lowest BCUT2D eigenvalue weighted by atomic mass is 9.99. The Bertz CT molecular complexity index is 1240. The SMILES string of the molecule is COc1ccc(NC(=O)c2ccccc2CCc2ccccc2)cc1S(=O)(=O)N1CCOCC1. The maximum Gasteiger partial charge on any atom is 0.255 e. The molecule has 0 aromatic heterocycles. The zero-order valence-electron chi connectivity index (χ0n) is 19.1. The van der Waals surface area contributed by atoms with Crippen LogP contribution >= 0.6 is 0 Å². The van der Waals surface area contributed by atoms with Crippen LogP contribution in [0.3, 0.4) is 0 Å². The number of benzene rings is 3. The van der Waals surface area contributed by atoms with E-state index in [1.807, 2.05) is 36.4 Å². The summed E-state index contributed by atoms with van der Waals surface area (Å²) >= 11 is 0. The Morgan fingerprint density at radius 2 is 1.68 bits per heavy atom. The molecular weight excluding hydrogens is 452 g/mol. The largest absolute Gasteiger partial charge is 0.495 e. The number of rotatable bonds is 8. The molecule has 1 N–H and O–H groups in total. The van der Waals surface area contributed by atoms with Crippen molar-refractivity contribution in [3.05, 3.63) is 89.5 Å². The van der Waals surface area contributed by atoms with Crippen molar-refractivity contribution in [3.63, 3.8) is 0 Å². The van der Waals surface area contributed by atoms with E-state index >= 15 is 0 Å². The van der Waals surface area contributed by atoms with Gasteiger partial charge in [0.2, 0.25) is 10.0 Å². The van der Waals surface area contributed by atoms with Gasteiger partial charge < -0.3 is 14.8 Å². The summed E-state index contributed by atoms with van der Waals surface area (Å²) < 4.78 is 38.4. The first-order chi connectivity index (χ1) is 16.5. The molecule has 0 aliphatic carbocycles. The number of methoxy groups -OCH3 is 1.